The van der Waals surface area contributed by atoms with Crippen LogP contribution in [0.5, 0.6) is 0 Å². The highest BCUT2D eigenvalue weighted by atomic mass is 33.1. The fourth-order valence-electron chi connectivity index (χ4n) is 0.710. The Morgan fingerprint density at radius 2 is 1.46 bits per heavy atom. The molecule has 0 radical (unpaired) electrons. The van der Waals surface area contributed by atoms with Crippen LogP contribution in [0.4, 0.5) is 0 Å². The predicted molar refractivity (Wildman–Crippen MR) is 68.7 cm³/mol. The summed E-state index contributed by atoms with van der Waals surface area (Å²) in [5.74, 6) is 2.52. The molecule has 0 aliphatic rings. The highest BCUT2D eigenvalue weighted by Gasteiger charge is 2.07. The smallest absolute Gasteiger partial charge is 0.151 e. The quantitative estimate of drug-likeness (QED) is 0.418. The number of hydrogen-bond donors (Lipinski definition) is 0. The van der Waals surface area contributed by atoms with Crippen LogP contribution in [-0.2, 0) is 4.52 Å². The highest BCUT2D eigenvalue weighted by molar-refractivity contribution is 8.86. The first kappa shape index (κ1) is 14.1. The second kappa shape index (κ2) is 11.2. The molecule has 0 aliphatic carbocycles. The van der Waals surface area contributed by atoms with Gasteiger partial charge in [-0.1, -0.05) is 49.5 Å². The number of hydrogen-bond acceptors (Lipinski definition) is 3. The van der Waals surface area contributed by atoms with Crippen LogP contribution < -0.4 is 0 Å². The molecule has 0 saturated heterocycles. The van der Waals surface area contributed by atoms with Crippen LogP contribution in [0.25, 0.3) is 0 Å². The lowest BCUT2D eigenvalue weighted by atomic mass is 10.4. The van der Waals surface area contributed by atoms with Gasteiger partial charge in [0.05, 0.1) is 0 Å². The molecule has 13 heavy (non-hydrogen) atoms. The van der Waals surface area contributed by atoms with Gasteiger partial charge in [-0.05, 0) is 12.8 Å². The van der Waals surface area contributed by atoms with Crippen LogP contribution in [-0.4, -0.2) is 18.6 Å². The summed E-state index contributed by atoms with van der Waals surface area (Å²) in [6, 6.07) is 0. The van der Waals surface area contributed by atoms with E-state index in [2.05, 4.69) is 13.8 Å². The SMILES string of the molecule is CCCCSP(OC)SCCCC. The van der Waals surface area contributed by atoms with Gasteiger partial charge in [0.15, 0.2) is 6.55 Å². The molecule has 0 amide bonds. The van der Waals surface area contributed by atoms with Crippen molar-refractivity contribution in [1.82, 2.24) is 0 Å². The molecule has 0 saturated carbocycles. The topological polar surface area (TPSA) is 9.23 Å². The molecule has 0 aromatic heterocycles. The summed E-state index contributed by atoms with van der Waals surface area (Å²) in [4.78, 5) is 0. The van der Waals surface area contributed by atoms with E-state index >= 15 is 0 Å². The minimum absolute atomic E-state index is 0.248. The first-order chi connectivity index (χ1) is 6.35. The second-order valence-electron chi connectivity index (χ2n) is 2.78. The van der Waals surface area contributed by atoms with E-state index in [0.29, 0.717) is 0 Å². The third kappa shape index (κ3) is 9.40. The molecular formula is C9H21OPS2. The van der Waals surface area contributed by atoms with Crippen molar-refractivity contribution in [1.29, 1.82) is 0 Å². The molecule has 1 nitrogen and oxygen atoms in total. The summed E-state index contributed by atoms with van der Waals surface area (Å²) in [6.45, 7) is 4.22. The Kier molecular flexibility index (Phi) is 12.1. The zero-order valence-corrected chi connectivity index (χ0v) is 11.4. The largest absolute Gasteiger partial charge is 0.342 e. The maximum absolute atomic E-state index is 5.43. The van der Waals surface area contributed by atoms with Crippen LogP contribution >= 0.6 is 29.3 Å². The Balaban J connectivity index is 3.28. The lowest BCUT2D eigenvalue weighted by Gasteiger charge is -2.12. The minimum Gasteiger partial charge on any atom is -0.342 e. The standard InChI is InChI=1S/C9H21OPS2/c1-4-6-8-12-11(10-3)13-9-7-5-2/h4-9H2,1-3H3. The third-order valence-electron chi connectivity index (χ3n) is 1.54. The Morgan fingerprint density at radius 3 is 1.77 bits per heavy atom. The molecule has 0 bridgehead atoms. The van der Waals surface area contributed by atoms with E-state index in [1.807, 2.05) is 29.9 Å². The van der Waals surface area contributed by atoms with Crippen LogP contribution in [0.1, 0.15) is 39.5 Å². The zero-order chi connectivity index (χ0) is 9.94. The fraction of sp³-hybridized carbons (Fsp3) is 1.00. The Bertz CT molecular complexity index is 93.6. The van der Waals surface area contributed by atoms with Crippen LogP contribution in [0, 0.1) is 0 Å². The van der Waals surface area contributed by atoms with E-state index < -0.39 is 0 Å². The summed E-state index contributed by atoms with van der Waals surface area (Å²) in [5, 5.41) is 0. The summed E-state index contributed by atoms with van der Waals surface area (Å²) in [6.07, 6.45) is 5.22. The van der Waals surface area contributed by atoms with Gasteiger partial charge in [-0.15, -0.1) is 0 Å². The van der Waals surface area contributed by atoms with Gasteiger partial charge >= 0.3 is 0 Å². The van der Waals surface area contributed by atoms with E-state index in [-0.39, 0.29) is 6.55 Å². The molecule has 0 spiro atoms. The van der Waals surface area contributed by atoms with E-state index in [4.69, 9.17) is 4.52 Å². The maximum atomic E-state index is 5.43. The van der Waals surface area contributed by atoms with Gasteiger partial charge in [-0.3, -0.25) is 0 Å². The van der Waals surface area contributed by atoms with Crippen molar-refractivity contribution in [3.63, 3.8) is 0 Å². The van der Waals surface area contributed by atoms with E-state index in [1.165, 1.54) is 37.2 Å². The normalized spacial score (nSPS) is 11.1. The summed E-state index contributed by atoms with van der Waals surface area (Å²) >= 11 is 4.00. The summed E-state index contributed by atoms with van der Waals surface area (Å²) in [5.41, 5.74) is 0. The monoisotopic (exact) mass is 240 g/mol. The van der Waals surface area contributed by atoms with E-state index in [0.717, 1.165) is 0 Å². The molecule has 80 valence electrons. The Morgan fingerprint density at radius 1 is 1.00 bits per heavy atom. The van der Waals surface area contributed by atoms with Crippen molar-refractivity contribution in [3.05, 3.63) is 0 Å². The maximum Gasteiger partial charge on any atom is 0.151 e. The van der Waals surface area contributed by atoms with Crippen molar-refractivity contribution in [2.24, 2.45) is 0 Å². The minimum atomic E-state index is -0.248. The first-order valence-electron chi connectivity index (χ1n) is 4.95. The average Bonchev–Trinajstić information content (AvgIpc) is 2.16. The molecule has 0 aliphatic heterocycles. The van der Waals surface area contributed by atoms with Crippen LogP contribution in [0.3, 0.4) is 0 Å². The van der Waals surface area contributed by atoms with Crippen molar-refractivity contribution in [2.45, 2.75) is 39.5 Å². The van der Waals surface area contributed by atoms with Crippen molar-refractivity contribution in [3.8, 4) is 0 Å². The van der Waals surface area contributed by atoms with Crippen molar-refractivity contribution < 1.29 is 4.52 Å². The Hall–Kier alpha value is 1.09. The van der Waals surface area contributed by atoms with Gasteiger partial charge in [0.2, 0.25) is 0 Å². The molecule has 0 rings (SSSR count). The van der Waals surface area contributed by atoms with Gasteiger partial charge in [0, 0.05) is 18.6 Å². The molecule has 0 fully saturated rings. The average molecular weight is 240 g/mol. The molecule has 0 unspecified atom stereocenters. The second-order valence-corrected chi connectivity index (χ2v) is 9.16. The van der Waals surface area contributed by atoms with E-state index in [1.54, 1.807) is 0 Å². The highest BCUT2D eigenvalue weighted by Crippen LogP contribution is 2.61. The molecule has 0 aromatic rings. The first-order valence-corrected chi connectivity index (χ1v) is 9.39. The van der Waals surface area contributed by atoms with Crippen LogP contribution in [0.2, 0.25) is 0 Å². The van der Waals surface area contributed by atoms with Crippen molar-refractivity contribution in [2.75, 3.05) is 18.6 Å². The Labute approximate surface area is 92.1 Å². The lowest BCUT2D eigenvalue weighted by molar-refractivity contribution is 0.482. The summed E-state index contributed by atoms with van der Waals surface area (Å²) in [7, 11) is 1.84. The van der Waals surface area contributed by atoms with Gasteiger partial charge in [0.1, 0.15) is 0 Å². The number of rotatable bonds is 9. The van der Waals surface area contributed by atoms with Gasteiger partial charge in [-0.2, -0.15) is 0 Å². The van der Waals surface area contributed by atoms with Gasteiger partial charge in [-0.25, -0.2) is 0 Å². The fourth-order valence-corrected chi connectivity index (χ4v) is 6.67. The third-order valence-corrected chi connectivity index (χ3v) is 8.35. The van der Waals surface area contributed by atoms with Crippen molar-refractivity contribution >= 4 is 29.3 Å². The number of unbranched alkanes of at least 4 members (excludes halogenated alkanes) is 2. The molecule has 0 heterocycles. The molecule has 0 N–H and O–H groups in total. The molecular weight excluding hydrogens is 219 g/mol. The van der Waals surface area contributed by atoms with Gasteiger partial charge < -0.3 is 4.52 Å². The zero-order valence-electron chi connectivity index (χ0n) is 8.91. The molecule has 0 aromatic carbocycles. The lowest BCUT2D eigenvalue weighted by Crippen LogP contribution is -1.79. The van der Waals surface area contributed by atoms with Gasteiger partial charge in [0.25, 0.3) is 0 Å². The molecule has 4 heteroatoms. The van der Waals surface area contributed by atoms with Crippen LogP contribution in [0.15, 0.2) is 0 Å². The van der Waals surface area contributed by atoms with E-state index in [9.17, 15) is 0 Å². The molecule has 0 atom stereocenters. The summed E-state index contributed by atoms with van der Waals surface area (Å²) < 4.78 is 5.43. The predicted octanol–water partition coefficient (Wildman–Crippen LogP) is 4.93.